The van der Waals surface area contributed by atoms with E-state index < -0.39 is 11.7 Å². The standard InChI is InChI=1S/C15H22BrFN2O2/c1-10(19-14(20)21-15(2,3)4)8-18-9-11-5-6-12(16)7-13(11)17/h5-7,10,18H,8-9H2,1-4H3,(H,19,20). The van der Waals surface area contributed by atoms with Crippen LogP contribution < -0.4 is 10.6 Å². The molecule has 0 fully saturated rings. The lowest BCUT2D eigenvalue weighted by molar-refractivity contribution is 0.0508. The Hall–Kier alpha value is -1.14. The first-order valence-corrected chi connectivity index (χ1v) is 7.61. The Kier molecular flexibility index (Phi) is 6.61. The Morgan fingerprint density at radius 3 is 2.67 bits per heavy atom. The highest BCUT2D eigenvalue weighted by atomic mass is 79.9. The van der Waals surface area contributed by atoms with Gasteiger partial charge in [-0.25, -0.2) is 9.18 Å². The molecule has 0 saturated heterocycles. The molecule has 0 aromatic heterocycles. The fourth-order valence-electron chi connectivity index (χ4n) is 1.65. The summed E-state index contributed by atoms with van der Waals surface area (Å²) in [6.45, 7) is 8.21. The number of hydrogen-bond donors (Lipinski definition) is 2. The summed E-state index contributed by atoms with van der Waals surface area (Å²) in [5, 5.41) is 5.83. The number of carbonyl (C=O) groups excluding carboxylic acids is 1. The minimum atomic E-state index is -0.516. The molecule has 2 N–H and O–H groups in total. The summed E-state index contributed by atoms with van der Waals surface area (Å²) in [7, 11) is 0. The molecule has 1 rings (SSSR count). The molecular weight excluding hydrogens is 339 g/mol. The predicted molar refractivity (Wildman–Crippen MR) is 84.6 cm³/mol. The van der Waals surface area contributed by atoms with Crippen LogP contribution in [-0.2, 0) is 11.3 Å². The number of amides is 1. The van der Waals surface area contributed by atoms with E-state index in [2.05, 4.69) is 26.6 Å². The summed E-state index contributed by atoms with van der Waals surface area (Å²) < 4.78 is 19.5. The Morgan fingerprint density at radius 2 is 2.10 bits per heavy atom. The molecule has 118 valence electrons. The van der Waals surface area contributed by atoms with E-state index in [-0.39, 0.29) is 11.9 Å². The maximum Gasteiger partial charge on any atom is 0.407 e. The first kappa shape index (κ1) is 17.9. The van der Waals surface area contributed by atoms with Crippen molar-refractivity contribution in [3.8, 4) is 0 Å². The van der Waals surface area contributed by atoms with Crippen molar-refractivity contribution in [3.05, 3.63) is 34.1 Å². The number of rotatable bonds is 5. The molecule has 1 aromatic rings. The third-order valence-electron chi connectivity index (χ3n) is 2.54. The molecule has 1 unspecified atom stereocenters. The van der Waals surface area contributed by atoms with Gasteiger partial charge in [0.05, 0.1) is 0 Å². The molecule has 0 saturated carbocycles. The normalized spacial score (nSPS) is 12.9. The van der Waals surface area contributed by atoms with Crippen LogP contribution in [0.2, 0.25) is 0 Å². The molecular formula is C15H22BrFN2O2. The van der Waals surface area contributed by atoms with Crippen LogP contribution in [-0.4, -0.2) is 24.3 Å². The first-order chi connectivity index (χ1) is 9.67. The minimum Gasteiger partial charge on any atom is -0.444 e. The van der Waals surface area contributed by atoms with Gasteiger partial charge >= 0.3 is 6.09 Å². The zero-order valence-corrected chi connectivity index (χ0v) is 14.4. The molecule has 6 heteroatoms. The highest BCUT2D eigenvalue weighted by Crippen LogP contribution is 2.15. The molecule has 1 amide bonds. The second kappa shape index (κ2) is 7.75. The average Bonchev–Trinajstić information content (AvgIpc) is 2.29. The van der Waals surface area contributed by atoms with Gasteiger partial charge in [0.1, 0.15) is 11.4 Å². The van der Waals surface area contributed by atoms with Crippen molar-refractivity contribution in [1.82, 2.24) is 10.6 Å². The van der Waals surface area contributed by atoms with Gasteiger partial charge in [-0.15, -0.1) is 0 Å². The summed E-state index contributed by atoms with van der Waals surface area (Å²) in [6.07, 6.45) is -0.452. The van der Waals surface area contributed by atoms with Crippen LogP contribution in [0.4, 0.5) is 9.18 Å². The van der Waals surface area contributed by atoms with Crippen LogP contribution in [0.3, 0.4) is 0 Å². The van der Waals surface area contributed by atoms with Crippen molar-refractivity contribution in [1.29, 1.82) is 0 Å². The lowest BCUT2D eigenvalue weighted by Gasteiger charge is -2.22. The summed E-state index contributed by atoms with van der Waals surface area (Å²) in [5.74, 6) is -0.260. The smallest absolute Gasteiger partial charge is 0.407 e. The Bertz CT molecular complexity index is 489. The quantitative estimate of drug-likeness (QED) is 0.843. The number of benzene rings is 1. The van der Waals surface area contributed by atoms with Gasteiger partial charge in [-0.1, -0.05) is 22.0 Å². The van der Waals surface area contributed by atoms with Crippen molar-refractivity contribution in [2.45, 2.75) is 45.9 Å². The van der Waals surface area contributed by atoms with Crippen molar-refractivity contribution in [3.63, 3.8) is 0 Å². The topological polar surface area (TPSA) is 50.4 Å². The van der Waals surface area contributed by atoms with Crippen molar-refractivity contribution in [2.24, 2.45) is 0 Å². The second-order valence-electron chi connectivity index (χ2n) is 5.91. The summed E-state index contributed by atoms with van der Waals surface area (Å²) >= 11 is 3.22. The summed E-state index contributed by atoms with van der Waals surface area (Å²) in [5.41, 5.74) is 0.0697. The molecule has 0 aliphatic rings. The zero-order chi connectivity index (χ0) is 16.0. The van der Waals surface area contributed by atoms with Gasteiger partial charge in [0.25, 0.3) is 0 Å². The molecule has 4 nitrogen and oxygen atoms in total. The predicted octanol–water partition coefficient (Wildman–Crippen LogP) is 3.59. The van der Waals surface area contributed by atoms with Crippen LogP contribution in [0.5, 0.6) is 0 Å². The fraction of sp³-hybridized carbons (Fsp3) is 0.533. The van der Waals surface area contributed by atoms with E-state index in [0.29, 0.717) is 23.1 Å². The van der Waals surface area contributed by atoms with Gasteiger partial charge in [-0.3, -0.25) is 0 Å². The third-order valence-corrected chi connectivity index (χ3v) is 3.04. The van der Waals surface area contributed by atoms with E-state index in [1.807, 2.05) is 27.7 Å². The fourth-order valence-corrected chi connectivity index (χ4v) is 1.98. The number of alkyl carbamates (subject to hydrolysis) is 1. The van der Waals surface area contributed by atoms with E-state index in [9.17, 15) is 9.18 Å². The number of carbonyl (C=O) groups is 1. The Labute approximate surface area is 133 Å². The lowest BCUT2D eigenvalue weighted by Crippen LogP contribution is -2.42. The van der Waals surface area contributed by atoms with E-state index >= 15 is 0 Å². The van der Waals surface area contributed by atoms with Gasteiger partial charge in [0.15, 0.2) is 0 Å². The number of halogens is 2. The first-order valence-electron chi connectivity index (χ1n) is 6.81. The number of ether oxygens (including phenoxy) is 1. The van der Waals surface area contributed by atoms with Crippen LogP contribution in [0.15, 0.2) is 22.7 Å². The van der Waals surface area contributed by atoms with Gasteiger partial charge in [0, 0.05) is 29.2 Å². The second-order valence-corrected chi connectivity index (χ2v) is 6.83. The van der Waals surface area contributed by atoms with Crippen LogP contribution in [0, 0.1) is 5.82 Å². The highest BCUT2D eigenvalue weighted by Gasteiger charge is 2.17. The lowest BCUT2D eigenvalue weighted by atomic mass is 10.2. The van der Waals surface area contributed by atoms with Crippen molar-refractivity contribution in [2.75, 3.05) is 6.54 Å². The van der Waals surface area contributed by atoms with E-state index in [1.165, 1.54) is 6.07 Å². The van der Waals surface area contributed by atoms with Crippen molar-refractivity contribution < 1.29 is 13.9 Å². The average molecular weight is 361 g/mol. The zero-order valence-electron chi connectivity index (χ0n) is 12.8. The minimum absolute atomic E-state index is 0.113. The van der Waals surface area contributed by atoms with Gasteiger partial charge < -0.3 is 15.4 Å². The molecule has 1 atom stereocenters. The number of hydrogen-bond acceptors (Lipinski definition) is 3. The summed E-state index contributed by atoms with van der Waals surface area (Å²) in [4.78, 5) is 11.6. The molecule has 1 aromatic carbocycles. The molecule has 0 aliphatic carbocycles. The van der Waals surface area contributed by atoms with E-state index in [1.54, 1.807) is 12.1 Å². The Morgan fingerprint density at radius 1 is 1.43 bits per heavy atom. The number of nitrogens with one attached hydrogen (secondary N) is 2. The van der Waals surface area contributed by atoms with Crippen LogP contribution >= 0.6 is 15.9 Å². The maximum atomic E-state index is 13.6. The highest BCUT2D eigenvalue weighted by molar-refractivity contribution is 9.10. The maximum absolute atomic E-state index is 13.6. The van der Waals surface area contributed by atoms with Crippen LogP contribution in [0.1, 0.15) is 33.3 Å². The molecule has 0 radical (unpaired) electrons. The van der Waals surface area contributed by atoms with E-state index in [4.69, 9.17) is 4.74 Å². The Balaban J connectivity index is 2.33. The van der Waals surface area contributed by atoms with Crippen molar-refractivity contribution >= 4 is 22.0 Å². The molecule has 0 aliphatic heterocycles. The van der Waals surface area contributed by atoms with Crippen LogP contribution in [0.25, 0.3) is 0 Å². The van der Waals surface area contributed by atoms with Gasteiger partial charge in [0.2, 0.25) is 0 Å². The molecule has 0 spiro atoms. The molecule has 0 heterocycles. The third kappa shape index (κ3) is 7.43. The molecule has 21 heavy (non-hydrogen) atoms. The largest absolute Gasteiger partial charge is 0.444 e. The van der Waals surface area contributed by atoms with Gasteiger partial charge in [-0.2, -0.15) is 0 Å². The summed E-state index contributed by atoms with van der Waals surface area (Å²) in [6, 6.07) is 4.83. The van der Waals surface area contributed by atoms with E-state index in [0.717, 1.165) is 0 Å². The molecule has 0 bridgehead atoms. The monoisotopic (exact) mass is 360 g/mol. The SMILES string of the molecule is CC(CNCc1ccc(Br)cc1F)NC(=O)OC(C)(C)C. The van der Waals surface area contributed by atoms with Gasteiger partial charge in [-0.05, 0) is 39.8 Å².